The smallest absolute Gasteiger partial charge is 0.224 e. The molecular weight excluding hydrogens is 262 g/mol. The lowest BCUT2D eigenvalue weighted by atomic mass is 10.0. The number of benzene rings is 1. The highest BCUT2D eigenvalue weighted by atomic mass is 19.1. The van der Waals surface area contributed by atoms with Crippen LogP contribution in [-0.4, -0.2) is 36.1 Å². The van der Waals surface area contributed by atoms with Gasteiger partial charge < -0.3 is 10.6 Å². The molecule has 20 heavy (non-hydrogen) atoms. The van der Waals surface area contributed by atoms with E-state index in [1.165, 1.54) is 11.0 Å². The van der Waals surface area contributed by atoms with Crippen LogP contribution in [0, 0.1) is 5.82 Å². The lowest BCUT2D eigenvalue weighted by Crippen LogP contribution is -2.43. The fraction of sp³-hybridized carbons (Fsp3) is 0.533. The summed E-state index contributed by atoms with van der Waals surface area (Å²) in [6, 6.07) is 5.95. The first-order chi connectivity index (χ1) is 9.56. The average molecular weight is 282 g/mol. The summed E-state index contributed by atoms with van der Waals surface area (Å²) < 4.78 is 26.7. The van der Waals surface area contributed by atoms with Gasteiger partial charge in [0.05, 0.1) is 6.54 Å². The third-order valence-corrected chi connectivity index (χ3v) is 3.59. The second-order valence-electron chi connectivity index (χ2n) is 5.34. The summed E-state index contributed by atoms with van der Waals surface area (Å²) in [5.74, 6) is -0.451. The average Bonchev–Trinajstić information content (AvgIpc) is 2.41. The molecule has 0 aliphatic carbocycles. The number of likely N-dealkylation sites (tertiary alicyclic amines) is 1. The molecule has 1 aromatic rings. The Kier molecular flexibility index (Phi) is 5.06. The first-order valence-corrected chi connectivity index (χ1v) is 6.97. The molecule has 1 amide bonds. The van der Waals surface area contributed by atoms with E-state index in [1.54, 1.807) is 18.2 Å². The molecule has 0 saturated carbocycles. The molecule has 2 N–H and O–H groups in total. The van der Waals surface area contributed by atoms with Gasteiger partial charge in [-0.3, -0.25) is 4.79 Å². The van der Waals surface area contributed by atoms with Crippen molar-refractivity contribution < 1.29 is 13.6 Å². The van der Waals surface area contributed by atoms with Gasteiger partial charge in [-0.25, -0.2) is 8.78 Å². The van der Waals surface area contributed by atoms with Crippen LogP contribution in [0.1, 0.15) is 24.8 Å². The molecule has 0 bridgehead atoms. The van der Waals surface area contributed by atoms with Crippen molar-refractivity contribution in [3.05, 3.63) is 35.6 Å². The summed E-state index contributed by atoms with van der Waals surface area (Å²) in [4.78, 5) is 13.5. The van der Waals surface area contributed by atoms with Crippen molar-refractivity contribution in [3.63, 3.8) is 0 Å². The molecular formula is C15H20F2N2O. The van der Waals surface area contributed by atoms with Gasteiger partial charge >= 0.3 is 0 Å². The number of carbonyl (C=O) groups excluding carboxylic acids is 1. The van der Waals surface area contributed by atoms with Crippen LogP contribution in [-0.2, 0) is 11.2 Å². The molecule has 1 aliphatic rings. The Hall–Kier alpha value is -1.49. The van der Waals surface area contributed by atoms with Crippen LogP contribution in [0.4, 0.5) is 8.78 Å². The van der Waals surface area contributed by atoms with Crippen molar-refractivity contribution in [2.24, 2.45) is 5.73 Å². The van der Waals surface area contributed by atoms with Crippen molar-refractivity contribution in [3.8, 4) is 0 Å². The fourth-order valence-corrected chi connectivity index (χ4v) is 2.52. The van der Waals surface area contributed by atoms with Crippen molar-refractivity contribution in [1.29, 1.82) is 0 Å². The Morgan fingerprint density at radius 1 is 1.45 bits per heavy atom. The molecule has 1 aromatic carbocycles. The van der Waals surface area contributed by atoms with Crippen LogP contribution in [0.3, 0.4) is 0 Å². The second kappa shape index (κ2) is 6.79. The minimum absolute atomic E-state index is 0.126. The van der Waals surface area contributed by atoms with E-state index in [-0.39, 0.29) is 24.7 Å². The number of hydrogen-bond donors (Lipinski definition) is 1. The van der Waals surface area contributed by atoms with Gasteiger partial charge in [-0.1, -0.05) is 18.2 Å². The van der Waals surface area contributed by atoms with Gasteiger partial charge in [-0.2, -0.15) is 0 Å². The summed E-state index contributed by atoms with van der Waals surface area (Å²) in [5, 5.41) is 0. The summed E-state index contributed by atoms with van der Waals surface area (Å²) in [7, 11) is 0. The highest BCUT2D eigenvalue weighted by molar-refractivity contribution is 5.77. The normalized spacial score (nSPS) is 20.8. The Balaban J connectivity index is 1.86. The number of hydrogen-bond acceptors (Lipinski definition) is 2. The maximum Gasteiger partial charge on any atom is 0.224 e. The zero-order chi connectivity index (χ0) is 14.5. The molecule has 1 unspecified atom stereocenters. The molecule has 0 aromatic heterocycles. The maximum atomic E-state index is 13.5. The van der Waals surface area contributed by atoms with Crippen molar-refractivity contribution in [1.82, 2.24) is 4.90 Å². The van der Waals surface area contributed by atoms with E-state index >= 15 is 0 Å². The van der Waals surface area contributed by atoms with Gasteiger partial charge in [-0.05, 0) is 30.9 Å². The first kappa shape index (κ1) is 14.9. The van der Waals surface area contributed by atoms with E-state index in [9.17, 15) is 13.6 Å². The van der Waals surface area contributed by atoms with E-state index in [0.717, 1.165) is 0 Å². The number of alkyl halides is 1. The number of nitrogens with two attached hydrogens (primary N) is 1. The predicted molar refractivity (Wildman–Crippen MR) is 73.4 cm³/mol. The van der Waals surface area contributed by atoms with Crippen LogP contribution >= 0.6 is 0 Å². The molecule has 110 valence electrons. The van der Waals surface area contributed by atoms with E-state index < -0.39 is 12.2 Å². The molecule has 2 atom stereocenters. The molecule has 2 rings (SSSR count). The number of halogens is 2. The Bertz CT molecular complexity index is 467. The molecule has 5 heteroatoms. The van der Waals surface area contributed by atoms with Crippen molar-refractivity contribution >= 4 is 5.91 Å². The van der Waals surface area contributed by atoms with E-state index in [0.29, 0.717) is 31.4 Å². The second-order valence-corrected chi connectivity index (χ2v) is 5.34. The van der Waals surface area contributed by atoms with Crippen LogP contribution < -0.4 is 5.73 Å². The monoisotopic (exact) mass is 282 g/mol. The summed E-state index contributed by atoms with van der Waals surface area (Å²) in [5.41, 5.74) is 6.42. The van der Waals surface area contributed by atoms with E-state index in [2.05, 4.69) is 0 Å². The van der Waals surface area contributed by atoms with Gasteiger partial charge in [0.25, 0.3) is 0 Å². The summed E-state index contributed by atoms with van der Waals surface area (Å²) >= 11 is 0. The van der Waals surface area contributed by atoms with Crippen LogP contribution in [0.25, 0.3) is 0 Å². The van der Waals surface area contributed by atoms with Gasteiger partial charge in [-0.15, -0.1) is 0 Å². The lowest BCUT2D eigenvalue weighted by molar-refractivity contribution is -0.133. The predicted octanol–water partition coefficient (Wildman–Crippen LogP) is 2.05. The van der Waals surface area contributed by atoms with Gasteiger partial charge in [0, 0.05) is 19.0 Å². The number of amides is 1. The van der Waals surface area contributed by atoms with Crippen molar-refractivity contribution in [2.45, 2.75) is 37.9 Å². The van der Waals surface area contributed by atoms with Gasteiger partial charge in [0.2, 0.25) is 5.91 Å². The Morgan fingerprint density at radius 2 is 2.20 bits per heavy atom. The third kappa shape index (κ3) is 4.00. The van der Waals surface area contributed by atoms with Gasteiger partial charge in [0.1, 0.15) is 12.0 Å². The van der Waals surface area contributed by atoms with E-state index in [1.807, 2.05) is 0 Å². The topological polar surface area (TPSA) is 46.3 Å². The molecule has 0 radical (unpaired) electrons. The fourth-order valence-electron chi connectivity index (χ4n) is 2.52. The highest BCUT2D eigenvalue weighted by Crippen LogP contribution is 2.15. The number of piperidine rings is 1. The Morgan fingerprint density at radius 3 is 2.90 bits per heavy atom. The molecule has 1 fully saturated rings. The zero-order valence-corrected chi connectivity index (χ0v) is 11.4. The SMILES string of the molecule is N[C@@H](CC(=O)N1CCCC(F)C1)Cc1ccccc1F. The van der Waals surface area contributed by atoms with Crippen molar-refractivity contribution in [2.75, 3.05) is 13.1 Å². The Labute approximate surface area is 117 Å². The number of nitrogens with zero attached hydrogens (tertiary/aromatic N) is 1. The first-order valence-electron chi connectivity index (χ1n) is 6.97. The highest BCUT2D eigenvalue weighted by Gasteiger charge is 2.24. The quantitative estimate of drug-likeness (QED) is 0.918. The lowest BCUT2D eigenvalue weighted by Gasteiger charge is -2.30. The molecule has 0 spiro atoms. The van der Waals surface area contributed by atoms with Crippen LogP contribution in [0.15, 0.2) is 24.3 Å². The van der Waals surface area contributed by atoms with Crippen LogP contribution in [0.5, 0.6) is 0 Å². The largest absolute Gasteiger partial charge is 0.340 e. The summed E-state index contributed by atoms with van der Waals surface area (Å²) in [6.07, 6.45) is 0.711. The zero-order valence-electron chi connectivity index (χ0n) is 11.4. The molecule has 1 heterocycles. The van der Waals surface area contributed by atoms with E-state index in [4.69, 9.17) is 5.73 Å². The standard InChI is InChI=1S/C15H20F2N2O/c16-12-5-3-7-19(10-12)15(20)9-13(18)8-11-4-1-2-6-14(11)17/h1-2,4,6,12-13H,3,5,7-10,18H2/t12?,13-/m1/s1. The number of carbonyl (C=O) groups is 1. The van der Waals surface area contributed by atoms with Gasteiger partial charge in [0.15, 0.2) is 0 Å². The minimum atomic E-state index is -0.935. The maximum absolute atomic E-state index is 13.5. The van der Waals surface area contributed by atoms with Crippen LogP contribution in [0.2, 0.25) is 0 Å². The third-order valence-electron chi connectivity index (χ3n) is 3.59. The minimum Gasteiger partial charge on any atom is -0.340 e. The molecule has 3 nitrogen and oxygen atoms in total. The molecule has 1 saturated heterocycles. The summed E-state index contributed by atoms with van der Waals surface area (Å²) in [6.45, 7) is 0.747. The number of rotatable bonds is 4. The molecule has 1 aliphatic heterocycles.